The zero-order valence-electron chi connectivity index (χ0n) is 17.2. The quantitative estimate of drug-likeness (QED) is 0.217. The summed E-state index contributed by atoms with van der Waals surface area (Å²) in [6, 6.07) is 16.6. The van der Waals surface area contributed by atoms with Crippen molar-refractivity contribution in [2.45, 2.75) is 6.92 Å². The van der Waals surface area contributed by atoms with Crippen LogP contribution < -0.4 is 5.32 Å². The van der Waals surface area contributed by atoms with Gasteiger partial charge in [-0.3, -0.25) is 14.9 Å². The Morgan fingerprint density at radius 3 is 2.67 bits per heavy atom. The minimum absolute atomic E-state index is 0.116. The fourth-order valence-electron chi connectivity index (χ4n) is 3.21. The van der Waals surface area contributed by atoms with E-state index < -0.39 is 23.4 Å². The SMILES string of the molecule is Cc1ccc(NC(=O)COC(=O)c2cc(-c3ccc(Cl)s3)nc3ccccc23)cc1[N+](=O)[O-]. The van der Waals surface area contributed by atoms with Gasteiger partial charge in [0.25, 0.3) is 11.6 Å². The molecule has 0 radical (unpaired) electrons. The maximum absolute atomic E-state index is 12.9. The van der Waals surface area contributed by atoms with Crippen molar-refractivity contribution in [3.8, 4) is 10.6 Å². The highest BCUT2D eigenvalue weighted by atomic mass is 35.5. The summed E-state index contributed by atoms with van der Waals surface area (Å²) in [5, 5.41) is 14.2. The number of aromatic nitrogens is 1. The van der Waals surface area contributed by atoms with Crippen molar-refractivity contribution in [2.75, 3.05) is 11.9 Å². The van der Waals surface area contributed by atoms with Gasteiger partial charge in [0.1, 0.15) is 0 Å². The molecule has 2 aromatic carbocycles. The van der Waals surface area contributed by atoms with E-state index in [0.29, 0.717) is 26.5 Å². The Labute approximate surface area is 196 Å². The van der Waals surface area contributed by atoms with Crippen LogP contribution in [0.25, 0.3) is 21.5 Å². The summed E-state index contributed by atoms with van der Waals surface area (Å²) in [6.45, 7) is 1.04. The number of nitrogens with zero attached hydrogens (tertiary/aromatic N) is 2. The second kappa shape index (κ2) is 9.35. The van der Waals surface area contributed by atoms with Crippen molar-refractivity contribution < 1.29 is 19.2 Å². The van der Waals surface area contributed by atoms with Gasteiger partial charge in [0.05, 0.1) is 30.9 Å². The number of nitro benzene ring substituents is 1. The predicted octanol–water partition coefficient (Wildman–Crippen LogP) is 5.63. The van der Waals surface area contributed by atoms with E-state index in [1.165, 1.54) is 29.5 Å². The number of benzene rings is 2. The van der Waals surface area contributed by atoms with Crippen molar-refractivity contribution in [3.63, 3.8) is 0 Å². The Kier molecular flexibility index (Phi) is 6.34. The van der Waals surface area contributed by atoms with Crippen LogP contribution in [0.5, 0.6) is 0 Å². The van der Waals surface area contributed by atoms with Crippen LogP contribution in [0.4, 0.5) is 11.4 Å². The van der Waals surface area contributed by atoms with Crippen LogP contribution in [0.15, 0.2) is 60.7 Å². The van der Waals surface area contributed by atoms with Crippen molar-refractivity contribution >= 4 is 57.1 Å². The summed E-state index contributed by atoms with van der Waals surface area (Å²) in [5.41, 5.74) is 2.02. The summed E-state index contributed by atoms with van der Waals surface area (Å²) in [4.78, 5) is 41.1. The molecule has 0 spiro atoms. The lowest BCUT2D eigenvalue weighted by molar-refractivity contribution is -0.385. The van der Waals surface area contributed by atoms with E-state index in [2.05, 4.69) is 10.3 Å². The molecule has 0 aliphatic carbocycles. The van der Waals surface area contributed by atoms with Gasteiger partial charge in [-0.2, -0.15) is 0 Å². The van der Waals surface area contributed by atoms with Crippen LogP contribution in [0, 0.1) is 17.0 Å². The molecule has 0 aliphatic rings. The Balaban J connectivity index is 1.52. The average molecular weight is 482 g/mol. The fraction of sp³-hybridized carbons (Fsp3) is 0.0870. The first-order valence-corrected chi connectivity index (χ1v) is 10.9. The van der Waals surface area contributed by atoms with Gasteiger partial charge in [0.2, 0.25) is 0 Å². The van der Waals surface area contributed by atoms with Crippen LogP contribution in [-0.4, -0.2) is 28.4 Å². The fourth-order valence-corrected chi connectivity index (χ4v) is 4.22. The molecule has 166 valence electrons. The van der Waals surface area contributed by atoms with Crippen LogP contribution >= 0.6 is 22.9 Å². The number of esters is 1. The Bertz CT molecular complexity index is 1400. The lowest BCUT2D eigenvalue weighted by atomic mass is 10.1. The number of carbonyl (C=O) groups excluding carboxylic acids is 2. The number of hydrogen-bond donors (Lipinski definition) is 1. The molecule has 0 aliphatic heterocycles. The van der Waals surface area contributed by atoms with Crippen LogP contribution in [0.2, 0.25) is 4.34 Å². The Hall–Kier alpha value is -3.82. The monoisotopic (exact) mass is 481 g/mol. The number of amides is 1. The molecule has 4 aromatic rings. The van der Waals surface area contributed by atoms with Crippen molar-refractivity contribution in [1.82, 2.24) is 4.98 Å². The van der Waals surface area contributed by atoms with E-state index in [9.17, 15) is 19.7 Å². The third-order valence-electron chi connectivity index (χ3n) is 4.79. The first-order chi connectivity index (χ1) is 15.8. The van der Waals surface area contributed by atoms with Gasteiger partial charge in [-0.15, -0.1) is 11.3 Å². The molecule has 0 saturated carbocycles. The molecule has 1 N–H and O–H groups in total. The summed E-state index contributed by atoms with van der Waals surface area (Å²) in [5.74, 6) is -1.31. The summed E-state index contributed by atoms with van der Waals surface area (Å²) in [7, 11) is 0. The van der Waals surface area contributed by atoms with Crippen LogP contribution in [-0.2, 0) is 9.53 Å². The second-order valence-electron chi connectivity index (χ2n) is 7.06. The number of fused-ring (bicyclic) bond motifs is 1. The molecule has 0 fully saturated rings. The third-order valence-corrected chi connectivity index (χ3v) is 6.04. The summed E-state index contributed by atoms with van der Waals surface area (Å²) in [6.07, 6.45) is 0. The minimum atomic E-state index is -0.692. The lowest BCUT2D eigenvalue weighted by Gasteiger charge is -2.10. The van der Waals surface area contributed by atoms with Crippen LogP contribution in [0.1, 0.15) is 15.9 Å². The van der Waals surface area contributed by atoms with E-state index in [4.69, 9.17) is 16.3 Å². The van der Waals surface area contributed by atoms with E-state index in [-0.39, 0.29) is 16.9 Å². The number of aryl methyl sites for hydroxylation is 1. The van der Waals surface area contributed by atoms with Gasteiger partial charge < -0.3 is 10.1 Å². The molecule has 0 atom stereocenters. The van der Waals surface area contributed by atoms with E-state index in [1.807, 2.05) is 12.1 Å². The van der Waals surface area contributed by atoms with Gasteiger partial charge in [0.15, 0.2) is 6.61 Å². The Morgan fingerprint density at radius 2 is 1.94 bits per heavy atom. The highest BCUT2D eigenvalue weighted by molar-refractivity contribution is 7.19. The molecule has 33 heavy (non-hydrogen) atoms. The lowest BCUT2D eigenvalue weighted by Crippen LogP contribution is -2.21. The van der Waals surface area contributed by atoms with Gasteiger partial charge in [-0.25, -0.2) is 9.78 Å². The summed E-state index contributed by atoms with van der Waals surface area (Å²) < 4.78 is 5.83. The number of thiophene rings is 1. The largest absolute Gasteiger partial charge is 0.452 e. The number of anilines is 1. The molecule has 2 heterocycles. The van der Waals surface area contributed by atoms with Crippen molar-refractivity contribution in [1.29, 1.82) is 0 Å². The highest BCUT2D eigenvalue weighted by Gasteiger charge is 2.18. The molecule has 2 aromatic heterocycles. The van der Waals surface area contributed by atoms with Crippen molar-refractivity contribution in [3.05, 3.63) is 86.2 Å². The zero-order chi connectivity index (χ0) is 23.5. The number of pyridine rings is 1. The number of para-hydroxylation sites is 1. The molecular formula is C23H16ClN3O5S. The molecule has 10 heteroatoms. The van der Waals surface area contributed by atoms with Gasteiger partial charge in [-0.05, 0) is 37.3 Å². The minimum Gasteiger partial charge on any atom is -0.452 e. The third kappa shape index (κ3) is 5.00. The van der Waals surface area contributed by atoms with E-state index >= 15 is 0 Å². The topological polar surface area (TPSA) is 111 Å². The average Bonchev–Trinajstić information content (AvgIpc) is 3.24. The van der Waals surface area contributed by atoms with Gasteiger partial charge >= 0.3 is 5.97 Å². The number of hydrogen-bond acceptors (Lipinski definition) is 7. The van der Waals surface area contributed by atoms with Gasteiger partial charge in [0, 0.05) is 22.7 Å². The first kappa shape index (κ1) is 22.4. The predicted molar refractivity (Wildman–Crippen MR) is 127 cm³/mol. The molecule has 4 rings (SSSR count). The molecular weight excluding hydrogens is 466 g/mol. The van der Waals surface area contributed by atoms with E-state index in [1.54, 1.807) is 37.3 Å². The molecule has 0 saturated heterocycles. The molecule has 0 bridgehead atoms. The number of rotatable bonds is 6. The molecule has 0 unspecified atom stereocenters. The number of ether oxygens (including phenoxy) is 1. The normalized spacial score (nSPS) is 10.7. The summed E-state index contributed by atoms with van der Waals surface area (Å²) >= 11 is 7.37. The molecule has 1 amide bonds. The Morgan fingerprint density at radius 1 is 1.15 bits per heavy atom. The van der Waals surface area contributed by atoms with Gasteiger partial charge in [-0.1, -0.05) is 35.9 Å². The maximum Gasteiger partial charge on any atom is 0.339 e. The maximum atomic E-state index is 12.9. The number of nitrogens with one attached hydrogen (secondary N) is 1. The zero-order valence-corrected chi connectivity index (χ0v) is 18.8. The second-order valence-corrected chi connectivity index (χ2v) is 8.77. The van der Waals surface area contributed by atoms with Crippen molar-refractivity contribution in [2.24, 2.45) is 0 Å². The highest BCUT2D eigenvalue weighted by Crippen LogP contribution is 2.32. The number of carbonyl (C=O) groups is 2. The number of nitro groups is 1. The number of halogens is 1. The smallest absolute Gasteiger partial charge is 0.339 e. The van der Waals surface area contributed by atoms with E-state index in [0.717, 1.165) is 4.88 Å². The standard InChI is InChI=1S/C23H16ClN3O5S/c1-13-6-7-14(10-19(13)27(30)31)25-22(28)12-32-23(29)16-11-18(20-8-9-21(24)33-20)26-17-5-3-2-4-15(16)17/h2-11H,12H2,1H3,(H,25,28). The first-order valence-electron chi connectivity index (χ1n) is 9.69. The molecule has 8 nitrogen and oxygen atoms in total. The van der Waals surface area contributed by atoms with Crippen LogP contribution in [0.3, 0.4) is 0 Å².